The van der Waals surface area contributed by atoms with E-state index in [2.05, 4.69) is 9.78 Å². The summed E-state index contributed by atoms with van der Waals surface area (Å²) in [7, 11) is 0. The Bertz CT molecular complexity index is 297. The minimum Gasteiger partial charge on any atom is -0.265 e. The molecule has 0 N–H and O–H groups in total. The molecule has 0 aromatic carbocycles. The molecule has 0 spiro atoms. The first-order valence-electron chi connectivity index (χ1n) is 5.05. The van der Waals surface area contributed by atoms with Gasteiger partial charge in [-0.25, -0.2) is 19.4 Å². The molecule has 10 heteroatoms. The smallest absolute Gasteiger partial charge is 0.265 e. The third-order valence-corrected chi connectivity index (χ3v) is 1.67. The molecule has 18 heavy (non-hydrogen) atoms. The van der Waals surface area contributed by atoms with Gasteiger partial charge in [-0.2, -0.15) is 0 Å². The number of carbonyl (C=O) groups is 2. The maximum absolute atomic E-state index is 10.9. The molecule has 0 aliphatic heterocycles. The van der Waals surface area contributed by atoms with Crippen molar-refractivity contribution in [2.24, 2.45) is 0 Å². The fourth-order valence-corrected chi connectivity index (χ4v) is 0.881. The van der Waals surface area contributed by atoms with Gasteiger partial charge < -0.3 is 0 Å². The van der Waals surface area contributed by atoms with E-state index in [0.29, 0.717) is 0 Å². The molecule has 0 atom stereocenters. The van der Waals surface area contributed by atoms with Crippen molar-refractivity contribution in [3.8, 4) is 0 Å². The van der Waals surface area contributed by atoms with Crippen molar-refractivity contribution in [2.45, 2.75) is 25.7 Å². The highest BCUT2D eigenvalue weighted by Crippen LogP contribution is 1.98. The highest BCUT2D eigenvalue weighted by atomic mass is 17.2. The van der Waals surface area contributed by atoms with Crippen LogP contribution in [0.4, 0.5) is 0 Å². The molecule has 0 bridgehead atoms. The lowest BCUT2D eigenvalue weighted by Crippen LogP contribution is -2.13. The van der Waals surface area contributed by atoms with E-state index < -0.39 is 21.8 Å². The first-order valence-corrected chi connectivity index (χ1v) is 5.05. The van der Waals surface area contributed by atoms with E-state index in [1.165, 1.54) is 0 Å². The Kier molecular flexibility index (Phi) is 7.73. The fourth-order valence-electron chi connectivity index (χ4n) is 0.881. The van der Waals surface area contributed by atoms with E-state index in [4.69, 9.17) is 0 Å². The van der Waals surface area contributed by atoms with Gasteiger partial charge in [0.15, 0.2) is 0 Å². The van der Waals surface area contributed by atoms with E-state index in [1.807, 2.05) is 0 Å². The quantitative estimate of drug-likeness (QED) is 0.341. The van der Waals surface area contributed by atoms with Crippen LogP contribution in [0, 0.1) is 20.2 Å². The topological polar surface area (TPSA) is 139 Å². The second-order valence-electron chi connectivity index (χ2n) is 3.23. The zero-order valence-corrected chi connectivity index (χ0v) is 9.40. The maximum atomic E-state index is 10.9. The molecule has 10 nitrogen and oxygen atoms in total. The van der Waals surface area contributed by atoms with Gasteiger partial charge in [0.1, 0.15) is 0 Å². The Hall–Kier alpha value is -2.26. The lowest BCUT2D eigenvalue weighted by molar-refractivity contribution is -0.480. The summed E-state index contributed by atoms with van der Waals surface area (Å²) in [5.74, 6) is -1.81. The summed E-state index contributed by atoms with van der Waals surface area (Å²) in [6.45, 7) is -0.766. The minimum absolute atomic E-state index is 0.0231. The number of nitro groups is 2. The molecule has 0 aromatic rings. The largest absolute Gasteiger partial charge is 0.355 e. The van der Waals surface area contributed by atoms with Gasteiger partial charge in [0.2, 0.25) is 13.1 Å². The number of hydrogen-bond acceptors (Lipinski definition) is 8. The molecule has 0 heterocycles. The van der Waals surface area contributed by atoms with Gasteiger partial charge in [-0.05, 0) is 0 Å². The Labute approximate surface area is 101 Å². The molecule has 0 saturated carbocycles. The zero-order valence-electron chi connectivity index (χ0n) is 9.40. The van der Waals surface area contributed by atoms with Crippen LogP contribution >= 0.6 is 0 Å². The van der Waals surface area contributed by atoms with E-state index in [0.717, 1.165) is 0 Å². The standard InChI is InChI=1S/C8H12N2O8/c11-7(3-1-5-9(13)14)17-18-8(12)4-2-6-10(15)16/h1-6H2. The lowest BCUT2D eigenvalue weighted by Gasteiger charge is -2.01. The number of carbonyl (C=O) groups excluding carboxylic acids is 2. The van der Waals surface area contributed by atoms with Crippen LogP contribution in [-0.2, 0) is 19.4 Å². The van der Waals surface area contributed by atoms with Crippen LogP contribution in [0.2, 0.25) is 0 Å². The van der Waals surface area contributed by atoms with Crippen LogP contribution in [-0.4, -0.2) is 34.9 Å². The Morgan fingerprint density at radius 3 is 1.44 bits per heavy atom. The summed E-state index contributed by atoms with van der Waals surface area (Å²) in [5.41, 5.74) is 0. The van der Waals surface area contributed by atoms with Crippen molar-refractivity contribution >= 4 is 11.9 Å². The average molecular weight is 264 g/mol. The van der Waals surface area contributed by atoms with Gasteiger partial charge in [-0.15, -0.1) is 0 Å². The summed E-state index contributed by atoms with van der Waals surface area (Å²) < 4.78 is 0. The summed E-state index contributed by atoms with van der Waals surface area (Å²) in [6, 6.07) is 0. The molecule has 0 saturated heterocycles. The third-order valence-electron chi connectivity index (χ3n) is 1.67. The number of rotatable bonds is 8. The predicted molar refractivity (Wildman–Crippen MR) is 54.4 cm³/mol. The first-order chi connectivity index (χ1) is 8.41. The maximum Gasteiger partial charge on any atom is 0.355 e. The van der Waals surface area contributed by atoms with Crippen LogP contribution in [0.3, 0.4) is 0 Å². The van der Waals surface area contributed by atoms with Gasteiger partial charge in [0, 0.05) is 22.7 Å². The number of nitrogens with zero attached hydrogens (tertiary/aromatic N) is 2. The van der Waals surface area contributed by atoms with Crippen molar-refractivity contribution in [3.63, 3.8) is 0 Å². The van der Waals surface area contributed by atoms with Gasteiger partial charge in [-0.1, -0.05) is 0 Å². The Balaban J connectivity index is 3.56. The molecule has 0 rings (SSSR count). The molecule has 0 radical (unpaired) electrons. The highest BCUT2D eigenvalue weighted by Gasteiger charge is 2.12. The Morgan fingerprint density at radius 2 is 1.17 bits per heavy atom. The van der Waals surface area contributed by atoms with Gasteiger partial charge in [0.25, 0.3) is 0 Å². The normalized spacial score (nSPS) is 9.56. The van der Waals surface area contributed by atoms with Crippen LogP contribution in [0.5, 0.6) is 0 Å². The summed E-state index contributed by atoms with van der Waals surface area (Å²) in [5, 5.41) is 19.9. The average Bonchev–Trinajstić information content (AvgIpc) is 2.25. The van der Waals surface area contributed by atoms with Crippen LogP contribution in [0.25, 0.3) is 0 Å². The zero-order chi connectivity index (χ0) is 14.0. The molecule has 0 aliphatic rings. The molecular weight excluding hydrogens is 252 g/mol. The summed E-state index contributed by atoms with van der Waals surface area (Å²) in [4.78, 5) is 48.6. The van der Waals surface area contributed by atoms with Crippen molar-refractivity contribution in [1.29, 1.82) is 0 Å². The fraction of sp³-hybridized carbons (Fsp3) is 0.750. The summed E-state index contributed by atoms with van der Waals surface area (Å²) >= 11 is 0. The minimum atomic E-state index is -0.903. The van der Waals surface area contributed by atoms with Crippen LogP contribution in [0.15, 0.2) is 0 Å². The molecule has 0 amide bonds. The van der Waals surface area contributed by atoms with Gasteiger partial charge >= 0.3 is 11.9 Å². The third kappa shape index (κ3) is 10.3. The lowest BCUT2D eigenvalue weighted by atomic mass is 10.3. The molecule has 0 aliphatic carbocycles. The van der Waals surface area contributed by atoms with E-state index >= 15 is 0 Å². The second-order valence-corrected chi connectivity index (χ2v) is 3.23. The van der Waals surface area contributed by atoms with Gasteiger partial charge in [0.05, 0.1) is 12.8 Å². The van der Waals surface area contributed by atoms with E-state index in [9.17, 15) is 29.8 Å². The molecular formula is C8H12N2O8. The van der Waals surface area contributed by atoms with E-state index in [-0.39, 0.29) is 38.8 Å². The van der Waals surface area contributed by atoms with Crippen molar-refractivity contribution < 1.29 is 29.2 Å². The number of hydrogen-bond donors (Lipinski definition) is 0. The monoisotopic (exact) mass is 264 g/mol. The van der Waals surface area contributed by atoms with E-state index in [1.54, 1.807) is 0 Å². The van der Waals surface area contributed by atoms with Crippen LogP contribution < -0.4 is 0 Å². The molecule has 0 fully saturated rings. The first kappa shape index (κ1) is 15.7. The molecule has 0 aromatic heterocycles. The summed E-state index contributed by atoms with van der Waals surface area (Å²) in [6.07, 6.45) is -0.540. The highest BCUT2D eigenvalue weighted by molar-refractivity contribution is 5.72. The molecule has 0 unspecified atom stereocenters. The Morgan fingerprint density at radius 1 is 0.833 bits per heavy atom. The predicted octanol–water partition coefficient (Wildman–Crippen LogP) is 0.102. The van der Waals surface area contributed by atoms with Crippen molar-refractivity contribution in [1.82, 2.24) is 0 Å². The molecule has 102 valence electrons. The SMILES string of the molecule is O=C(CCC[N+](=O)[O-])OOC(=O)CCC[N+](=O)[O-]. The second kappa shape index (κ2) is 8.84. The van der Waals surface area contributed by atoms with Crippen molar-refractivity contribution in [2.75, 3.05) is 13.1 Å². The van der Waals surface area contributed by atoms with Gasteiger partial charge in [-0.3, -0.25) is 20.2 Å². The van der Waals surface area contributed by atoms with Crippen molar-refractivity contribution in [3.05, 3.63) is 20.2 Å². The van der Waals surface area contributed by atoms with Crippen LogP contribution in [0.1, 0.15) is 25.7 Å².